The van der Waals surface area contributed by atoms with Gasteiger partial charge in [-0.2, -0.15) is 0 Å². The van der Waals surface area contributed by atoms with Gasteiger partial charge in [0.2, 0.25) is 0 Å². The maximum absolute atomic E-state index is 12.6. The maximum atomic E-state index is 12.6. The Bertz CT molecular complexity index is 1160. The van der Waals surface area contributed by atoms with Crippen LogP contribution in [0.1, 0.15) is 10.4 Å². The van der Waals surface area contributed by atoms with Crippen molar-refractivity contribution in [1.82, 2.24) is 4.98 Å². The quantitative estimate of drug-likeness (QED) is 0.369. The number of amides is 1. The highest BCUT2D eigenvalue weighted by Gasteiger charge is 2.26. The normalized spacial score (nSPS) is 11.6. The second kappa shape index (κ2) is 5.81. The standard InChI is InChI=1S/C20H10Cl2N2OS/c21-11-7-8-15(22)14(9-11)19(25)24-20-23-17-12-5-1-3-10-4-2-6-13(16(10)12)18(17)26-20/h1-9H,(H,23,24,25). The highest BCUT2D eigenvalue weighted by atomic mass is 35.5. The lowest BCUT2D eigenvalue weighted by molar-refractivity contribution is 0.102. The van der Waals surface area contributed by atoms with Gasteiger partial charge in [0.1, 0.15) is 0 Å². The first-order valence-corrected chi connectivity index (χ1v) is 9.49. The number of rotatable bonds is 2. The van der Waals surface area contributed by atoms with E-state index in [2.05, 4.69) is 34.6 Å². The van der Waals surface area contributed by atoms with Crippen molar-refractivity contribution in [3.8, 4) is 21.7 Å². The summed E-state index contributed by atoms with van der Waals surface area (Å²) in [5.41, 5.74) is 3.50. The van der Waals surface area contributed by atoms with Crippen LogP contribution in [0.15, 0.2) is 54.6 Å². The monoisotopic (exact) mass is 396 g/mol. The van der Waals surface area contributed by atoms with Crippen LogP contribution in [-0.4, -0.2) is 10.9 Å². The molecule has 0 aliphatic heterocycles. The molecule has 1 aromatic heterocycles. The predicted molar refractivity (Wildman–Crippen MR) is 108 cm³/mol. The number of aromatic nitrogens is 1. The second-order valence-corrected chi connectivity index (χ2v) is 7.83. The van der Waals surface area contributed by atoms with E-state index in [1.807, 2.05) is 12.1 Å². The summed E-state index contributed by atoms with van der Waals surface area (Å²) in [4.78, 5) is 18.3. The minimum Gasteiger partial charge on any atom is -0.298 e. The molecule has 1 heterocycles. The van der Waals surface area contributed by atoms with Crippen LogP contribution in [0.25, 0.3) is 32.5 Å². The smallest absolute Gasteiger partial charge is 0.259 e. The number of hydrogen-bond donors (Lipinski definition) is 1. The fraction of sp³-hybridized carbons (Fsp3) is 0. The Balaban J connectivity index is 1.54. The van der Waals surface area contributed by atoms with E-state index in [1.165, 1.54) is 22.1 Å². The summed E-state index contributed by atoms with van der Waals surface area (Å²) >= 11 is 13.6. The fourth-order valence-corrected chi connectivity index (χ4v) is 4.68. The van der Waals surface area contributed by atoms with Gasteiger partial charge in [-0.15, -0.1) is 0 Å². The highest BCUT2D eigenvalue weighted by molar-refractivity contribution is 7.20. The Morgan fingerprint density at radius 3 is 2.58 bits per heavy atom. The van der Waals surface area contributed by atoms with E-state index in [9.17, 15) is 4.79 Å². The molecule has 0 spiro atoms. The third-order valence-corrected chi connectivity index (χ3v) is 5.99. The Kier molecular flexibility index (Phi) is 3.54. The zero-order valence-corrected chi connectivity index (χ0v) is 15.5. The average molecular weight is 397 g/mol. The summed E-state index contributed by atoms with van der Waals surface area (Å²) in [6.07, 6.45) is 0. The molecular weight excluding hydrogens is 387 g/mol. The van der Waals surface area contributed by atoms with Gasteiger partial charge < -0.3 is 0 Å². The van der Waals surface area contributed by atoms with Crippen LogP contribution in [0.5, 0.6) is 0 Å². The third-order valence-electron chi connectivity index (χ3n) is 4.43. The summed E-state index contributed by atoms with van der Waals surface area (Å²) in [5.74, 6) is -0.323. The number of fused-ring (bicyclic) bond motifs is 3. The van der Waals surface area contributed by atoms with E-state index in [-0.39, 0.29) is 5.91 Å². The molecule has 1 amide bonds. The SMILES string of the molecule is O=C(Nc1nc2c(s1)-c1cccc3cccc-2c13)c1cc(Cl)ccc1Cl. The van der Waals surface area contributed by atoms with Gasteiger partial charge in [0.15, 0.2) is 5.13 Å². The van der Waals surface area contributed by atoms with Gasteiger partial charge in [-0.1, -0.05) is 70.9 Å². The molecular formula is C20H10Cl2N2OS. The molecule has 1 N–H and O–H groups in total. The number of carbonyl (C=O) groups is 1. The Morgan fingerprint density at radius 1 is 1.00 bits per heavy atom. The lowest BCUT2D eigenvalue weighted by Gasteiger charge is -2.05. The topological polar surface area (TPSA) is 42.0 Å². The average Bonchev–Trinajstić information content (AvgIpc) is 3.17. The molecule has 0 fully saturated rings. The van der Waals surface area contributed by atoms with Crippen LogP contribution in [0.4, 0.5) is 5.13 Å². The molecule has 1 aliphatic carbocycles. The molecule has 0 unspecified atom stereocenters. The van der Waals surface area contributed by atoms with Crippen LogP contribution in [0.2, 0.25) is 10.0 Å². The first kappa shape index (κ1) is 15.8. The first-order valence-electron chi connectivity index (χ1n) is 7.91. The molecule has 6 heteroatoms. The minimum atomic E-state index is -0.323. The largest absolute Gasteiger partial charge is 0.298 e. The number of anilines is 1. The van der Waals surface area contributed by atoms with Gasteiger partial charge in [-0.3, -0.25) is 10.1 Å². The van der Waals surface area contributed by atoms with E-state index in [4.69, 9.17) is 23.2 Å². The lowest BCUT2D eigenvalue weighted by Crippen LogP contribution is -2.12. The number of thiazole rings is 1. The van der Waals surface area contributed by atoms with Crippen LogP contribution < -0.4 is 5.32 Å². The van der Waals surface area contributed by atoms with E-state index in [0.29, 0.717) is 20.7 Å². The van der Waals surface area contributed by atoms with Crippen molar-refractivity contribution < 1.29 is 4.79 Å². The molecule has 26 heavy (non-hydrogen) atoms. The molecule has 0 bridgehead atoms. The molecule has 3 nitrogen and oxygen atoms in total. The van der Waals surface area contributed by atoms with Gasteiger partial charge in [0, 0.05) is 16.1 Å². The van der Waals surface area contributed by atoms with Crippen molar-refractivity contribution in [3.05, 3.63) is 70.2 Å². The summed E-state index contributed by atoms with van der Waals surface area (Å²) in [6.45, 7) is 0. The van der Waals surface area contributed by atoms with Crippen LogP contribution in [-0.2, 0) is 0 Å². The summed E-state index contributed by atoms with van der Waals surface area (Å²) in [6, 6.07) is 17.2. The van der Waals surface area contributed by atoms with E-state index < -0.39 is 0 Å². The molecule has 0 saturated carbocycles. The first-order chi connectivity index (χ1) is 12.6. The molecule has 3 aromatic carbocycles. The molecule has 0 saturated heterocycles. The highest BCUT2D eigenvalue weighted by Crippen LogP contribution is 2.50. The van der Waals surface area contributed by atoms with Crippen molar-refractivity contribution >= 4 is 56.3 Å². The van der Waals surface area contributed by atoms with Gasteiger partial charge >= 0.3 is 0 Å². The third kappa shape index (κ3) is 2.34. The zero-order chi connectivity index (χ0) is 17.8. The van der Waals surface area contributed by atoms with Crippen molar-refractivity contribution in [2.75, 3.05) is 5.32 Å². The number of nitrogens with zero attached hydrogens (tertiary/aromatic N) is 1. The molecule has 126 valence electrons. The van der Waals surface area contributed by atoms with Gasteiger partial charge in [-0.05, 0) is 29.0 Å². The number of carbonyl (C=O) groups excluding carboxylic acids is 1. The van der Waals surface area contributed by atoms with Crippen molar-refractivity contribution in [2.24, 2.45) is 0 Å². The van der Waals surface area contributed by atoms with Crippen LogP contribution in [0.3, 0.4) is 0 Å². The van der Waals surface area contributed by atoms with Crippen molar-refractivity contribution in [1.29, 1.82) is 0 Å². The van der Waals surface area contributed by atoms with Crippen LogP contribution >= 0.6 is 34.5 Å². The Morgan fingerprint density at radius 2 is 1.77 bits per heavy atom. The summed E-state index contributed by atoms with van der Waals surface area (Å²) < 4.78 is 0. The summed E-state index contributed by atoms with van der Waals surface area (Å²) in [5, 5.41) is 6.62. The number of hydrogen-bond acceptors (Lipinski definition) is 3. The summed E-state index contributed by atoms with van der Waals surface area (Å²) in [7, 11) is 0. The second-order valence-electron chi connectivity index (χ2n) is 5.98. The maximum Gasteiger partial charge on any atom is 0.259 e. The molecule has 0 radical (unpaired) electrons. The lowest BCUT2D eigenvalue weighted by atomic mass is 10.0. The van der Waals surface area contributed by atoms with Gasteiger partial charge in [0.05, 0.1) is 21.2 Å². The van der Waals surface area contributed by atoms with E-state index in [0.717, 1.165) is 21.7 Å². The van der Waals surface area contributed by atoms with Gasteiger partial charge in [0.25, 0.3) is 5.91 Å². The molecule has 1 aliphatic rings. The van der Waals surface area contributed by atoms with Crippen molar-refractivity contribution in [3.63, 3.8) is 0 Å². The minimum absolute atomic E-state index is 0.323. The fourth-order valence-electron chi connectivity index (χ4n) is 3.30. The van der Waals surface area contributed by atoms with E-state index in [1.54, 1.807) is 18.2 Å². The van der Waals surface area contributed by atoms with E-state index >= 15 is 0 Å². The number of nitrogens with one attached hydrogen (secondary N) is 1. The van der Waals surface area contributed by atoms with Gasteiger partial charge in [-0.25, -0.2) is 4.98 Å². The Hall–Kier alpha value is -2.40. The zero-order valence-electron chi connectivity index (χ0n) is 13.2. The Labute approximate surface area is 163 Å². The van der Waals surface area contributed by atoms with Crippen LogP contribution in [0, 0.1) is 0 Å². The van der Waals surface area contributed by atoms with Crippen molar-refractivity contribution in [2.45, 2.75) is 0 Å². The molecule has 5 rings (SSSR count). The molecule has 0 atom stereocenters. The number of benzene rings is 3. The predicted octanol–water partition coefficient (Wildman–Crippen LogP) is 6.50. The number of halogens is 2. The molecule has 4 aromatic rings.